The summed E-state index contributed by atoms with van der Waals surface area (Å²) >= 11 is 0. The molecule has 1 aromatic rings. The quantitative estimate of drug-likeness (QED) is 0.602. The molecule has 2 aliphatic rings. The van der Waals surface area contributed by atoms with Crippen molar-refractivity contribution in [3.63, 3.8) is 0 Å². The van der Waals surface area contributed by atoms with E-state index in [1.54, 1.807) is 0 Å². The molecule has 1 heterocycles. The van der Waals surface area contributed by atoms with E-state index in [4.69, 9.17) is 4.74 Å². The summed E-state index contributed by atoms with van der Waals surface area (Å²) in [6.07, 6.45) is 5.63. The molecule has 0 radical (unpaired) electrons. The second kappa shape index (κ2) is 7.33. The molecule has 3 rings (SSSR count). The number of ketones is 1. The van der Waals surface area contributed by atoms with Gasteiger partial charge in [-0.1, -0.05) is 53.4 Å². The summed E-state index contributed by atoms with van der Waals surface area (Å²) < 4.78 is 6.26. The SMILES string of the molecule is CCCCCC(C)C(C)c1cc(O)c2c(c1)OC(C)(C)C1=C2CC(C)C1=O. The average molecular weight is 371 g/mol. The van der Waals surface area contributed by atoms with E-state index < -0.39 is 5.60 Å². The van der Waals surface area contributed by atoms with Gasteiger partial charge in [-0.15, -0.1) is 0 Å². The molecule has 0 aromatic heterocycles. The lowest BCUT2D eigenvalue weighted by Gasteiger charge is -2.35. The summed E-state index contributed by atoms with van der Waals surface area (Å²) in [6, 6.07) is 3.98. The lowest BCUT2D eigenvalue weighted by Crippen LogP contribution is -2.37. The highest BCUT2D eigenvalue weighted by molar-refractivity contribution is 6.11. The van der Waals surface area contributed by atoms with Gasteiger partial charge in [-0.05, 0) is 55.4 Å². The Bertz CT molecular complexity index is 772. The van der Waals surface area contributed by atoms with Gasteiger partial charge in [-0.25, -0.2) is 0 Å². The van der Waals surface area contributed by atoms with E-state index in [1.165, 1.54) is 25.7 Å². The molecule has 1 aliphatic heterocycles. The zero-order valence-electron chi connectivity index (χ0n) is 17.7. The van der Waals surface area contributed by atoms with E-state index in [0.717, 1.165) is 28.0 Å². The number of fused-ring (bicyclic) bond motifs is 2. The van der Waals surface area contributed by atoms with Crippen LogP contribution in [0.4, 0.5) is 0 Å². The number of aromatic hydroxyl groups is 1. The molecule has 148 valence electrons. The maximum atomic E-state index is 12.6. The van der Waals surface area contributed by atoms with Crippen LogP contribution in [0.3, 0.4) is 0 Å². The Morgan fingerprint density at radius 2 is 1.96 bits per heavy atom. The third-order valence-electron chi connectivity index (χ3n) is 6.52. The number of unbranched alkanes of at least 4 members (excludes halogenated alkanes) is 2. The summed E-state index contributed by atoms with van der Waals surface area (Å²) in [5, 5.41) is 10.8. The lowest BCUT2D eigenvalue weighted by molar-refractivity contribution is -0.119. The molecule has 1 N–H and O–H groups in total. The monoisotopic (exact) mass is 370 g/mol. The van der Waals surface area contributed by atoms with E-state index in [9.17, 15) is 9.90 Å². The lowest BCUT2D eigenvalue weighted by atomic mass is 9.82. The normalized spacial score (nSPS) is 22.9. The predicted molar refractivity (Wildman–Crippen MR) is 110 cm³/mol. The number of hydrogen-bond donors (Lipinski definition) is 1. The van der Waals surface area contributed by atoms with Crippen LogP contribution in [-0.4, -0.2) is 16.5 Å². The number of carbonyl (C=O) groups excluding carboxylic acids is 1. The number of ether oxygens (including phenoxy) is 1. The Labute approximate surface area is 163 Å². The van der Waals surface area contributed by atoms with Crippen molar-refractivity contribution in [3.8, 4) is 11.5 Å². The summed E-state index contributed by atoms with van der Waals surface area (Å²) in [6.45, 7) is 12.6. The summed E-state index contributed by atoms with van der Waals surface area (Å²) in [5.41, 5.74) is 2.92. The van der Waals surface area contributed by atoms with Gasteiger partial charge >= 0.3 is 0 Å². The summed E-state index contributed by atoms with van der Waals surface area (Å²) in [4.78, 5) is 12.6. The number of phenols is 1. The molecular weight excluding hydrogens is 336 g/mol. The van der Waals surface area contributed by atoms with Gasteiger partial charge in [-0.3, -0.25) is 4.79 Å². The van der Waals surface area contributed by atoms with Crippen molar-refractivity contribution in [3.05, 3.63) is 28.8 Å². The minimum Gasteiger partial charge on any atom is -0.507 e. The Hall–Kier alpha value is -1.77. The second-order valence-corrected chi connectivity index (χ2v) is 9.11. The number of Topliss-reactive ketones (excluding diaryl/α,β-unsaturated/α-hetero) is 1. The van der Waals surface area contributed by atoms with Crippen molar-refractivity contribution in [2.75, 3.05) is 0 Å². The molecular formula is C24H34O3. The number of rotatable bonds is 6. The number of hydrogen-bond acceptors (Lipinski definition) is 3. The zero-order valence-corrected chi connectivity index (χ0v) is 17.7. The van der Waals surface area contributed by atoms with Crippen LogP contribution in [0.25, 0.3) is 5.57 Å². The summed E-state index contributed by atoms with van der Waals surface area (Å²) in [7, 11) is 0. The molecule has 3 unspecified atom stereocenters. The topological polar surface area (TPSA) is 46.5 Å². The minimum absolute atomic E-state index is 0.0413. The highest BCUT2D eigenvalue weighted by Crippen LogP contribution is 2.52. The molecule has 3 heteroatoms. The molecule has 0 saturated carbocycles. The maximum Gasteiger partial charge on any atom is 0.166 e. The van der Waals surface area contributed by atoms with Crippen molar-refractivity contribution in [1.82, 2.24) is 0 Å². The van der Waals surface area contributed by atoms with Crippen LogP contribution in [0.15, 0.2) is 17.7 Å². The molecule has 0 amide bonds. The first kappa shape index (κ1) is 20.0. The maximum absolute atomic E-state index is 12.6. The van der Waals surface area contributed by atoms with Crippen molar-refractivity contribution >= 4 is 11.4 Å². The number of allylic oxidation sites excluding steroid dienone is 1. The van der Waals surface area contributed by atoms with Crippen LogP contribution in [0.5, 0.6) is 11.5 Å². The first-order valence-electron chi connectivity index (χ1n) is 10.5. The fourth-order valence-corrected chi connectivity index (χ4v) is 4.67. The van der Waals surface area contributed by atoms with Gasteiger partial charge in [0.15, 0.2) is 5.78 Å². The van der Waals surface area contributed by atoms with Gasteiger partial charge in [-0.2, -0.15) is 0 Å². The van der Waals surface area contributed by atoms with E-state index in [-0.39, 0.29) is 17.5 Å². The second-order valence-electron chi connectivity index (χ2n) is 9.11. The van der Waals surface area contributed by atoms with E-state index >= 15 is 0 Å². The van der Waals surface area contributed by atoms with E-state index in [2.05, 4.69) is 26.8 Å². The third-order valence-corrected chi connectivity index (χ3v) is 6.52. The number of carbonyl (C=O) groups is 1. The van der Waals surface area contributed by atoms with Crippen LogP contribution in [0.1, 0.15) is 90.7 Å². The van der Waals surface area contributed by atoms with Gasteiger partial charge in [0.1, 0.15) is 17.1 Å². The van der Waals surface area contributed by atoms with E-state index in [1.807, 2.05) is 26.8 Å². The Balaban J connectivity index is 1.96. The standard InChI is InChI=1S/C24H34O3/c1-7-8-9-10-14(2)16(4)17-12-19(25)21-18-11-15(3)23(26)22(18)24(5,6)27-20(21)13-17/h12-16,25H,7-11H2,1-6H3. The minimum atomic E-state index is -0.648. The number of benzene rings is 1. The largest absolute Gasteiger partial charge is 0.507 e. The highest BCUT2D eigenvalue weighted by Gasteiger charge is 2.45. The molecule has 0 fully saturated rings. The fourth-order valence-electron chi connectivity index (χ4n) is 4.67. The molecule has 0 saturated heterocycles. The Kier molecular flexibility index (Phi) is 5.42. The van der Waals surface area contributed by atoms with E-state index in [0.29, 0.717) is 18.3 Å². The van der Waals surface area contributed by atoms with Crippen molar-refractivity contribution in [1.29, 1.82) is 0 Å². The first-order chi connectivity index (χ1) is 12.7. The molecule has 3 atom stereocenters. The van der Waals surface area contributed by atoms with Gasteiger partial charge in [0.2, 0.25) is 0 Å². The van der Waals surface area contributed by atoms with Crippen molar-refractivity contribution in [2.24, 2.45) is 11.8 Å². The summed E-state index contributed by atoms with van der Waals surface area (Å²) in [5.74, 6) is 1.99. The van der Waals surface area contributed by atoms with Crippen LogP contribution in [0.2, 0.25) is 0 Å². The first-order valence-corrected chi connectivity index (χ1v) is 10.5. The molecule has 27 heavy (non-hydrogen) atoms. The van der Waals surface area contributed by atoms with Crippen LogP contribution in [-0.2, 0) is 4.79 Å². The Morgan fingerprint density at radius 3 is 2.63 bits per heavy atom. The van der Waals surface area contributed by atoms with Crippen molar-refractivity contribution in [2.45, 2.75) is 85.2 Å². The number of phenolic OH excluding ortho intramolecular Hbond substituents is 1. The molecule has 0 spiro atoms. The van der Waals surface area contributed by atoms with Gasteiger partial charge in [0.25, 0.3) is 0 Å². The van der Waals surface area contributed by atoms with Crippen LogP contribution < -0.4 is 4.74 Å². The average Bonchev–Trinajstić information content (AvgIpc) is 2.89. The van der Waals surface area contributed by atoms with Gasteiger partial charge in [0, 0.05) is 11.5 Å². The van der Waals surface area contributed by atoms with Crippen LogP contribution in [0, 0.1) is 11.8 Å². The third kappa shape index (κ3) is 3.53. The highest BCUT2D eigenvalue weighted by atomic mass is 16.5. The molecule has 1 aromatic carbocycles. The van der Waals surface area contributed by atoms with Gasteiger partial charge < -0.3 is 9.84 Å². The molecule has 1 aliphatic carbocycles. The van der Waals surface area contributed by atoms with Gasteiger partial charge in [0.05, 0.1) is 5.56 Å². The van der Waals surface area contributed by atoms with Crippen LogP contribution >= 0.6 is 0 Å². The molecule has 0 bridgehead atoms. The Morgan fingerprint density at radius 1 is 1.26 bits per heavy atom. The predicted octanol–water partition coefficient (Wildman–Crippen LogP) is 6.25. The molecule has 3 nitrogen and oxygen atoms in total. The zero-order chi connectivity index (χ0) is 19.9. The fraction of sp³-hybridized carbons (Fsp3) is 0.625. The van der Waals surface area contributed by atoms with Crippen molar-refractivity contribution < 1.29 is 14.6 Å². The smallest absolute Gasteiger partial charge is 0.166 e.